The second-order valence-corrected chi connectivity index (χ2v) is 4.94. The highest BCUT2D eigenvalue weighted by molar-refractivity contribution is 7.99. The molecule has 0 spiro atoms. The maximum Gasteiger partial charge on any atom is 0.162 e. The minimum Gasteiger partial charge on any atom is -0.369 e. The first-order valence-electron chi connectivity index (χ1n) is 5.67. The number of Topliss-reactive ketones (excluding diaryl/α,β-unsaturated/α-hetero) is 1. The first-order chi connectivity index (χ1) is 7.34. The molecular formula is C12H20O2S. The number of carbonyl (C=O) groups excluding carboxylic acids is 1. The Bertz CT molecular complexity index is 198. The topological polar surface area (TPSA) is 26.3 Å². The zero-order valence-electron chi connectivity index (χ0n) is 9.24. The maximum atomic E-state index is 11.7. The van der Waals surface area contributed by atoms with Gasteiger partial charge in [0, 0.05) is 17.9 Å². The van der Waals surface area contributed by atoms with Crippen LogP contribution in [0, 0.1) is 0 Å². The molecule has 0 N–H and O–H groups in total. The predicted octanol–water partition coefficient (Wildman–Crippen LogP) is 2.82. The van der Waals surface area contributed by atoms with Gasteiger partial charge in [0.05, 0.1) is 6.61 Å². The number of ether oxygens (including phenoxy) is 1. The zero-order chi connectivity index (χ0) is 10.9. The normalized spacial score (nSPS) is 21.2. The molecule has 1 fully saturated rings. The van der Waals surface area contributed by atoms with Crippen LogP contribution in [-0.4, -0.2) is 30.0 Å². The van der Waals surface area contributed by atoms with Crippen molar-refractivity contribution in [3.63, 3.8) is 0 Å². The molecule has 1 rings (SSSR count). The molecule has 0 aromatic heterocycles. The van der Waals surface area contributed by atoms with Gasteiger partial charge < -0.3 is 4.74 Å². The molecule has 15 heavy (non-hydrogen) atoms. The fourth-order valence-electron chi connectivity index (χ4n) is 1.60. The largest absolute Gasteiger partial charge is 0.369 e. The van der Waals surface area contributed by atoms with E-state index >= 15 is 0 Å². The number of rotatable bonds is 7. The average molecular weight is 228 g/mol. The molecule has 1 atom stereocenters. The van der Waals surface area contributed by atoms with Crippen molar-refractivity contribution in [3.05, 3.63) is 12.7 Å². The van der Waals surface area contributed by atoms with E-state index < -0.39 is 0 Å². The Morgan fingerprint density at radius 3 is 3.00 bits per heavy atom. The molecule has 0 aromatic rings. The zero-order valence-corrected chi connectivity index (χ0v) is 10.1. The lowest BCUT2D eigenvalue weighted by atomic mass is 10.1. The third kappa shape index (κ3) is 5.38. The molecular weight excluding hydrogens is 208 g/mol. The number of hydrogen-bond acceptors (Lipinski definition) is 3. The van der Waals surface area contributed by atoms with E-state index in [9.17, 15) is 4.79 Å². The van der Waals surface area contributed by atoms with Crippen molar-refractivity contribution < 1.29 is 9.53 Å². The highest BCUT2D eigenvalue weighted by Crippen LogP contribution is 2.15. The van der Waals surface area contributed by atoms with Crippen LogP contribution in [0.3, 0.4) is 0 Å². The smallest absolute Gasteiger partial charge is 0.162 e. The van der Waals surface area contributed by atoms with Gasteiger partial charge in [-0.1, -0.05) is 12.5 Å². The Kier molecular flexibility index (Phi) is 6.77. The summed E-state index contributed by atoms with van der Waals surface area (Å²) in [6.45, 7) is 4.41. The van der Waals surface area contributed by atoms with E-state index in [0.29, 0.717) is 12.2 Å². The number of unbranched alkanes of at least 4 members (excludes halogenated alkanes) is 3. The van der Waals surface area contributed by atoms with Crippen molar-refractivity contribution in [1.82, 2.24) is 0 Å². The molecule has 2 nitrogen and oxygen atoms in total. The molecule has 1 aliphatic heterocycles. The van der Waals surface area contributed by atoms with Crippen LogP contribution in [0.15, 0.2) is 12.7 Å². The Morgan fingerprint density at radius 2 is 2.33 bits per heavy atom. The van der Waals surface area contributed by atoms with Crippen LogP contribution >= 0.6 is 11.8 Å². The Labute approximate surface area is 96.5 Å². The van der Waals surface area contributed by atoms with Gasteiger partial charge in [-0.05, 0) is 19.3 Å². The fourth-order valence-corrected chi connectivity index (χ4v) is 2.48. The van der Waals surface area contributed by atoms with Crippen molar-refractivity contribution >= 4 is 17.5 Å². The summed E-state index contributed by atoms with van der Waals surface area (Å²) >= 11 is 1.82. The number of ketones is 1. The van der Waals surface area contributed by atoms with Crippen molar-refractivity contribution in [1.29, 1.82) is 0 Å². The van der Waals surface area contributed by atoms with Crippen LogP contribution < -0.4 is 0 Å². The van der Waals surface area contributed by atoms with E-state index in [-0.39, 0.29) is 6.10 Å². The monoisotopic (exact) mass is 228 g/mol. The van der Waals surface area contributed by atoms with Gasteiger partial charge in [-0.3, -0.25) is 4.79 Å². The van der Waals surface area contributed by atoms with Crippen LogP contribution in [0.4, 0.5) is 0 Å². The standard InChI is InChI=1S/C12H20O2S/c1-2-3-4-5-6-7-11(13)12-10-15-9-8-14-12/h2,12H,1,3-10H2. The van der Waals surface area contributed by atoms with Gasteiger partial charge >= 0.3 is 0 Å². The molecule has 0 radical (unpaired) electrons. The number of allylic oxidation sites excluding steroid dienone is 1. The second-order valence-electron chi connectivity index (χ2n) is 3.79. The van der Waals surface area contributed by atoms with Gasteiger partial charge in [-0.2, -0.15) is 11.8 Å². The Hall–Kier alpha value is -0.280. The summed E-state index contributed by atoms with van der Waals surface area (Å²) in [6.07, 6.45) is 6.82. The van der Waals surface area contributed by atoms with Crippen molar-refractivity contribution in [2.24, 2.45) is 0 Å². The van der Waals surface area contributed by atoms with Gasteiger partial charge in [0.2, 0.25) is 0 Å². The van der Waals surface area contributed by atoms with Crippen molar-refractivity contribution in [3.8, 4) is 0 Å². The highest BCUT2D eigenvalue weighted by Gasteiger charge is 2.21. The third-order valence-electron chi connectivity index (χ3n) is 2.51. The summed E-state index contributed by atoms with van der Waals surface area (Å²) in [5.74, 6) is 2.18. The van der Waals surface area contributed by atoms with Gasteiger partial charge in [-0.15, -0.1) is 6.58 Å². The lowest BCUT2D eigenvalue weighted by molar-refractivity contribution is -0.129. The molecule has 0 aromatic carbocycles. The predicted molar refractivity (Wildman–Crippen MR) is 65.4 cm³/mol. The summed E-state index contributed by atoms with van der Waals surface area (Å²) < 4.78 is 5.43. The molecule has 86 valence electrons. The number of thioether (sulfide) groups is 1. The van der Waals surface area contributed by atoms with Crippen LogP contribution in [0.25, 0.3) is 0 Å². The summed E-state index contributed by atoms with van der Waals surface area (Å²) in [5.41, 5.74) is 0. The van der Waals surface area contributed by atoms with E-state index in [4.69, 9.17) is 4.74 Å². The van der Waals surface area contributed by atoms with Crippen LogP contribution in [-0.2, 0) is 9.53 Å². The molecule has 0 aliphatic carbocycles. The van der Waals surface area contributed by atoms with E-state index in [1.54, 1.807) is 0 Å². The Balaban J connectivity index is 2.04. The van der Waals surface area contributed by atoms with E-state index in [1.165, 1.54) is 0 Å². The molecule has 3 heteroatoms. The van der Waals surface area contributed by atoms with Crippen molar-refractivity contribution in [2.45, 2.75) is 38.2 Å². The van der Waals surface area contributed by atoms with E-state index in [2.05, 4.69) is 6.58 Å². The first-order valence-corrected chi connectivity index (χ1v) is 6.83. The minimum absolute atomic E-state index is 0.122. The molecule has 0 saturated carbocycles. The summed E-state index contributed by atoms with van der Waals surface area (Å²) in [6, 6.07) is 0. The molecule has 1 heterocycles. The van der Waals surface area contributed by atoms with E-state index in [0.717, 1.165) is 43.8 Å². The Morgan fingerprint density at radius 1 is 1.47 bits per heavy atom. The summed E-state index contributed by atoms with van der Waals surface area (Å²) in [5, 5.41) is 0. The third-order valence-corrected chi connectivity index (χ3v) is 3.50. The highest BCUT2D eigenvalue weighted by atomic mass is 32.2. The van der Waals surface area contributed by atoms with E-state index in [1.807, 2.05) is 17.8 Å². The summed E-state index contributed by atoms with van der Waals surface area (Å²) in [4.78, 5) is 11.7. The second kappa shape index (κ2) is 7.94. The quantitative estimate of drug-likeness (QED) is 0.495. The lowest BCUT2D eigenvalue weighted by Gasteiger charge is -2.20. The number of hydrogen-bond donors (Lipinski definition) is 0. The molecule has 1 saturated heterocycles. The molecule has 1 unspecified atom stereocenters. The van der Waals surface area contributed by atoms with Gasteiger partial charge in [0.25, 0.3) is 0 Å². The first kappa shape index (κ1) is 12.8. The molecule has 1 aliphatic rings. The fraction of sp³-hybridized carbons (Fsp3) is 0.750. The van der Waals surface area contributed by atoms with Crippen LogP contribution in [0.2, 0.25) is 0 Å². The molecule has 0 amide bonds. The maximum absolute atomic E-state index is 11.7. The van der Waals surface area contributed by atoms with Gasteiger partial charge in [-0.25, -0.2) is 0 Å². The van der Waals surface area contributed by atoms with Crippen LogP contribution in [0.5, 0.6) is 0 Å². The molecule has 0 bridgehead atoms. The SMILES string of the molecule is C=CCCCCCC(=O)C1CSCCO1. The minimum atomic E-state index is -0.122. The average Bonchev–Trinajstić information content (AvgIpc) is 2.30. The van der Waals surface area contributed by atoms with Gasteiger partial charge in [0.15, 0.2) is 5.78 Å². The number of carbonyl (C=O) groups is 1. The van der Waals surface area contributed by atoms with Gasteiger partial charge in [0.1, 0.15) is 6.10 Å². The summed E-state index contributed by atoms with van der Waals surface area (Å²) in [7, 11) is 0. The lowest BCUT2D eigenvalue weighted by Crippen LogP contribution is -2.31. The van der Waals surface area contributed by atoms with Crippen LogP contribution in [0.1, 0.15) is 32.1 Å². The van der Waals surface area contributed by atoms with Crippen molar-refractivity contribution in [2.75, 3.05) is 18.1 Å².